The lowest BCUT2D eigenvalue weighted by atomic mass is 9.87. The number of ether oxygens (including phenoxy) is 2. The fraction of sp³-hybridized carbons (Fsp3) is 0.556. The predicted octanol–water partition coefficient (Wildman–Crippen LogP) is 2.96. The number of aliphatic carboxylic acids is 1. The van der Waals surface area contributed by atoms with E-state index in [1.54, 1.807) is 57.0 Å². The zero-order chi connectivity index (χ0) is 18.7. The van der Waals surface area contributed by atoms with Crippen LogP contribution >= 0.6 is 0 Å². The van der Waals surface area contributed by atoms with Crippen molar-refractivity contribution in [1.29, 1.82) is 0 Å². The van der Waals surface area contributed by atoms with Gasteiger partial charge < -0.3 is 24.8 Å². The van der Waals surface area contributed by atoms with E-state index >= 15 is 0 Å². The molecule has 1 amide bonds. The summed E-state index contributed by atoms with van der Waals surface area (Å²) < 4.78 is 10.5. The van der Waals surface area contributed by atoms with Gasteiger partial charge in [-0.1, -0.05) is 6.07 Å². The molecule has 1 aromatic rings. The first-order valence-electron chi connectivity index (χ1n) is 8.29. The topological polar surface area (TPSA) is 88.1 Å². The highest BCUT2D eigenvalue weighted by Crippen LogP contribution is 2.29. The van der Waals surface area contributed by atoms with Crippen molar-refractivity contribution < 1.29 is 24.2 Å². The molecule has 7 heteroatoms. The molecular formula is C18H26N2O5. The minimum absolute atomic E-state index is 0.290. The molecule has 0 radical (unpaired) electrons. The number of benzene rings is 1. The van der Waals surface area contributed by atoms with Gasteiger partial charge in [0.15, 0.2) is 0 Å². The minimum atomic E-state index is -1.12. The van der Waals surface area contributed by atoms with Crippen LogP contribution in [0.4, 0.5) is 10.5 Å². The number of hydrogen-bond acceptors (Lipinski definition) is 5. The van der Waals surface area contributed by atoms with E-state index in [9.17, 15) is 14.7 Å². The van der Waals surface area contributed by atoms with Gasteiger partial charge in [-0.15, -0.1) is 0 Å². The molecule has 1 fully saturated rings. The van der Waals surface area contributed by atoms with Crippen LogP contribution in [0.25, 0.3) is 0 Å². The van der Waals surface area contributed by atoms with Crippen LogP contribution in [0.3, 0.4) is 0 Å². The van der Waals surface area contributed by atoms with E-state index in [-0.39, 0.29) is 0 Å². The number of likely N-dealkylation sites (tertiary alicyclic amines) is 1. The highest BCUT2D eigenvalue weighted by Gasteiger charge is 2.43. The Morgan fingerprint density at radius 1 is 1.24 bits per heavy atom. The van der Waals surface area contributed by atoms with E-state index in [1.807, 2.05) is 0 Å². The zero-order valence-electron chi connectivity index (χ0n) is 15.2. The number of hydrogen-bond donors (Lipinski definition) is 2. The first kappa shape index (κ1) is 18.9. The van der Waals surface area contributed by atoms with Gasteiger partial charge in [-0.05, 0) is 45.7 Å². The number of carbonyl (C=O) groups is 2. The molecule has 0 spiro atoms. The number of carbonyl (C=O) groups excluding carboxylic acids is 1. The standard InChI is InChI=1S/C18H26N2O5/c1-17(2,3)25-16(23)20-10-8-18(9-11-20,15(21)22)19-13-6-5-7-14(12-13)24-4/h5-7,12,19H,8-11H2,1-4H3,(H,21,22). The van der Waals surface area contributed by atoms with Crippen LogP contribution in [-0.2, 0) is 9.53 Å². The SMILES string of the molecule is COc1cccc(NC2(C(=O)O)CCN(C(=O)OC(C)(C)C)CC2)c1. The molecule has 1 aliphatic rings. The van der Waals surface area contributed by atoms with Gasteiger partial charge in [0.25, 0.3) is 0 Å². The van der Waals surface area contributed by atoms with Gasteiger partial charge in [0.05, 0.1) is 7.11 Å². The molecule has 0 unspecified atom stereocenters. The Morgan fingerprint density at radius 3 is 2.40 bits per heavy atom. The third kappa shape index (κ3) is 4.78. The summed E-state index contributed by atoms with van der Waals surface area (Å²) in [4.78, 5) is 25.6. The first-order chi connectivity index (χ1) is 11.6. The number of amides is 1. The number of nitrogens with one attached hydrogen (secondary N) is 1. The van der Waals surface area contributed by atoms with Crippen LogP contribution in [0.2, 0.25) is 0 Å². The van der Waals surface area contributed by atoms with E-state index in [4.69, 9.17) is 9.47 Å². The third-order valence-electron chi connectivity index (χ3n) is 4.13. The number of piperidine rings is 1. The largest absolute Gasteiger partial charge is 0.497 e. The summed E-state index contributed by atoms with van der Waals surface area (Å²) in [6.07, 6.45) is 0.172. The molecule has 2 rings (SSSR count). The molecule has 25 heavy (non-hydrogen) atoms. The average molecular weight is 350 g/mol. The number of carboxylic acids is 1. The summed E-state index contributed by atoms with van der Waals surface area (Å²) in [7, 11) is 1.56. The molecule has 1 saturated heterocycles. The van der Waals surface area contributed by atoms with E-state index in [0.29, 0.717) is 37.4 Å². The Balaban J connectivity index is 2.08. The van der Waals surface area contributed by atoms with Gasteiger partial charge in [0.2, 0.25) is 0 Å². The summed E-state index contributed by atoms with van der Waals surface area (Å²) >= 11 is 0. The maximum absolute atomic E-state index is 12.2. The second-order valence-corrected chi connectivity index (χ2v) is 7.21. The van der Waals surface area contributed by atoms with Gasteiger partial charge in [0, 0.05) is 24.8 Å². The van der Waals surface area contributed by atoms with E-state index < -0.39 is 23.2 Å². The maximum Gasteiger partial charge on any atom is 0.410 e. The van der Waals surface area contributed by atoms with Crippen molar-refractivity contribution in [2.75, 3.05) is 25.5 Å². The normalized spacial score (nSPS) is 16.9. The van der Waals surface area contributed by atoms with E-state index in [2.05, 4.69) is 5.32 Å². The van der Waals surface area contributed by atoms with Crippen molar-refractivity contribution in [3.05, 3.63) is 24.3 Å². The molecule has 0 atom stereocenters. The summed E-state index contributed by atoms with van der Waals surface area (Å²) in [6, 6.07) is 7.15. The molecule has 138 valence electrons. The van der Waals surface area contributed by atoms with Gasteiger partial charge >= 0.3 is 12.1 Å². The van der Waals surface area contributed by atoms with Crippen LogP contribution in [0.5, 0.6) is 5.75 Å². The van der Waals surface area contributed by atoms with Crippen LogP contribution in [0.15, 0.2) is 24.3 Å². The molecule has 0 bridgehead atoms. The zero-order valence-corrected chi connectivity index (χ0v) is 15.2. The molecule has 1 aliphatic heterocycles. The highest BCUT2D eigenvalue weighted by atomic mass is 16.6. The molecule has 0 saturated carbocycles. The molecular weight excluding hydrogens is 324 g/mol. The second kappa shape index (κ2) is 7.21. The summed E-state index contributed by atoms with van der Waals surface area (Å²) in [5.41, 5.74) is -1.02. The Bertz CT molecular complexity index is 631. The number of nitrogens with zero attached hydrogens (tertiary/aromatic N) is 1. The Hall–Kier alpha value is -2.44. The van der Waals surface area contributed by atoms with Crippen LogP contribution in [-0.4, -0.2) is 53.4 Å². The molecule has 0 aliphatic carbocycles. The smallest absolute Gasteiger partial charge is 0.410 e. The number of anilines is 1. The van der Waals surface area contributed by atoms with Crippen LogP contribution < -0.4 is 10.1 Å². The van der Waals surface area contributed by atoms with Crippen LogP contribution in [0.1, 0.15) is 33.6 Å². The number of methoxy groups -OCH3 is 1. The Kier molecular flexibility index (Phi) is 5.45. The third-order valence-corrected chi connectivity index (χ3v) is 4.13. The lowest BCUT2D eigenvalue weighted by molar-refractivity contribution is -0.144. The van der Waals surface area contributed by atoms with Crippen molar-refractivity contribution in [1.82, 2.24) is 4.90 Å². The fourth-order valence-electron chi connectivity index (χ4n) is 2.77. The van der Waals surface area contributed by atoms with Crippen molar-refractivity contribution in [3.8, 4) is 5.75 Å². The second-order valence-electron chi connectivity index (χ2n) is 7.21. The summed E-state index contributed by atoms with van der Waals surface area (Å²) in [5, 5.41) is 12.9. The summed E-state index contributed by atoms with van der Waals surface area (Å²) in [6.45, 7) is 6.05. The van der Waals surface area contributed by atoms with E-state index in [0.717, 1.165) is 0 Å². The van der Waals surface area contributed by atoms with Gasteiger partial charge in [-0.3, -0.25) is 0 Å². The number of rotatable bonds is 4. The van der Waals surface area contributed by atoms with Crippen molar-refractivity contribution in [2.45, 2.75) is 44.8 Å². The van der Waals surface area contributed by atoms with Crippen molar-refractivity contribution >= 4 is 17.7 Å². The van der Waals surface area contributed by atoms with Gasteiger partial charge in [-0.25, -0.2) is 9.59 Å². The maximum atomic E-state index is 12.2. The molecule has 2 N–H and O–H groups in total. The Labute approximate surface area is 147 Å². The van der Waals surface area contributed by atoms with Crippen molar-refractivity contribution in [2.24, 2.45) is 0 Å². The average Bonchev–Trinajstić information content (AvgIpc) is 2.54. The first-order valence-corrected chi connectivity index (χ1v) is 8.29. The van der Waals surface area contributed by atoms with Gasteiger partial charge in [-0.2, -0.15) is 0 Å². The monoisotopic (exact) mass is 350 g/mol. The van der Waals surface area contributed by atoms with Gasteiger partial charge in [0.1, 0.15) is 16.9 Å². The molecule has 1 heterocycles. The highest BCUT2D eigenvalue weighted by molar-refractivity contribution is 5.83. The van der Waals surface area contributed by atoms with Crippen molar-refractivity contribution in [3.63, 3.8) is 0 Å². The minimum Gasteiger partial charge on any atom is -0.497 e. The molecule has 0 aromatic heterocycles. The molecule has 7 nitrogen and oxygen atoms in total. The van der Waals surface area contributed by atoms with E-state index in [1.165, 1.54) is 0 Å². The lowest BCUT2D eigenvalue weighted by Gasteiger charge is -2.40. The van der Waals surface area contributed by atoms with Crippen LogP contribution in [0, 0.1) is 0 Å². The quantitative estimate of drug-likeness (QED) is 0.868. The Morgan fingerprint density at radius 2 is 1.88 bits per heavy atom. The predicted molar refractivity (Wildman–Crippen MR) is 94.0 cm³/mol. The number of carboxylic acid groups (broad SMARTS) is 1. The fourth-order valence-corrected chi connectivity index (χ4v) is 2.77. The molecule has 1 aromatic carbocycles. The lowest BCUT2D eigenvalue weighted by Crippen LogP contribution is -2.55. The summed E-state index contributed by atoms with van der Waals surface area (Å²) in [5.74, 6) is -0.282.